The van der Waals surface area contributed by atoms with Crippen LogP contribution in [0, 0.1) is 18.8 Å². The second-order valence-corrected chi connectivity index (χ2v) is 5.21. The van der Waals surface area contributed by atoms with Crippen molar-refractivity contribution in [2.24, 2.45) is 11.8 Å². The van der Waals surface area contributed by atoms with E-state index in [0.29, 0.717) is 30.1 Å². The molecule has 2 N–H and O–H groups in total. The number of aromatic nitrogens is 2. The molecule has 1 fully saturated rings. The van der Waals surface area contributed by atoms with Crippen molar-refractivity contribution in [3.63, 3.8) is 0 Å². The maximum absolute atomic E-state index is 9.41. The van der Waals surface area contributed by atoms with Gasteiger partial charge in [0.25, 0.3) is 0 Å². The van der Waals surface area contributed by atoms with Crippen molar-refractivity contribution >= 4 is 5.82 Å². The lowest BCUT2D eigenvalue weighted by Gasteiger charge is -2.30. The summed E-state index contributed by atoms with van der Waals surface area (Å²) in [6.07, 6.45) is 4.81. The van der Waals surface area contributed by atoms with Crippen molar-refractivity contribution in [1.82, 2.24) is 9.97 Å². The molecule has 2 rings (SSSR count). The Morgan fingerprint density at radius 2 is 2.05 bits per heavy atom. The lowest BCUT2D eigenvalue weighted by atomic mass is 9.79. The number of aliphatic hydroxyl groups is 1. The number of hydrogen-bond acceptors (Lipinski definition) is 5. The Balaban J connectivity index is 1.95. The molecule has 1 aliphatic rings. The number of hydrogen-bond donors (Lipinski definition) is 2. The summed E-state index contributed by atoms with van der Waals surface area (Å²) in [6, 6.07) is 1.81. The van der Waals surface area contributed by atoms with Crippen LogP contribution in [0.2, 0.25) is 0 Å². The molecular weight excluding hydrogens is 242 g/mol. The van der Waals surface area contributed by atoms with Crippen molar-refractivity contribution in [2.75, 3.05) is 25.6 Å². The van der Waals surface area contributed by atoms with Crippen LogP contribution in [-0.2, 0) is 0 Å². The van der Waals surface area contributed by atoms with E-state index in [4.69, 9.17) is 4.74 Å². The van der Waals surface area contributed by atoms with E-state index >= 15 is 0 Å². The van der Waals surface area contributed by atoms with Gasteiger partial charge in [-0.15, -0.1) is 0 Å². The summed E-state index contributed by atoms with van der Waals surface area (Å²) in [5.41, 5.74) is 0. The minimum Gasteiger partial charge on any atom is -0.481 e. The van der Waals surface area contributed by atoms with Crippen LogP contribution in [0.15, 0.2) is 6.07 Å². The number of rotatable bonds is 5. The quantitative estimate of drug-likeness (QED) is 0.852. The van der Waals surface area contributed by atoms with E-state index < -0.39 is 0 Å². The van der Waals surface area contributed by atoms with Gasteiger partial charge in [0.05, 0.1) is 7.11 Å². The lowest BCUT2D eigenvalue weighted by Crippen LogP contribution is -2.28. The molecule has 2 atom stereocenters. The van der Waals surface area contributed by atoms with Gasteiger partial charge in [0.15, 0.2) is 0 Å². The summed E-state index contributed by atoms with van der Waals surface area (Å²) >= 11 is 0. The Labute approximate surface area is 114 Å². The van der Waals surface area contributed by atoms with Gasteiger partial charge in [-0.25, -0.2) is 4.98 Å². The Morgan fingerprint density at radius 1 is 1.32 bits per heavy atom. The predicted octanol–water partition coefficient (Wildman–Crippen LogP) is 2.00. The molecule has 5 nitrogen and oxygen atoms in total. The first kappa shape index (κ1) is 14.1. The van der Waals surface area contributed by atoms with E-state index in [9.17, 15) is 5.11 Å². The van der Waals surface area contributed by atoms with Crippen LogP contribution in [0.1, 0.15) is 31.5 Å². The number of nitrogens with one attached hydrogen (secondary N) is 1. The van der Waals surface area contributed by atoms with Crippen molar-refractivity contribution in [1.29, 1.82) is 0 Å². The van der Waals surface area contributed by atoms with Gasteiger partial charge < -0.3 is 15.2 Å². The van der Waals surface area contributed by atoms with Gasteiger partial charge in [-0.2, -0.15) is 4.98 Å². The third-order valence-corrected chi connectivity index (χ3v) is 3.87. The number of aliphatic hydroxyl groups excluding tert-OH is 1. The molecule has 1 aromatic heterocycles. The maximum Gasteiger partial charge on any atom is 0.218 e. The van der Waals surface area contributed by atoms with Gasteiger partial charge >= 0.3 is 0 Å². The summed E-state index contributed by atoms with van der Waals surface area (Å²) < 4.78 is 5.14. The SMILES string of the molecule is COc1cc(NCC2CCCCC2CO)nc(C)n1. The molecule has 0 saturated heterocycles. The largest absolute Gasteiger partial charge is 0.481 e. The first-order valence-corrected chi connectivity index (χ1v) is 6.97. The summed E-state index contributed by atoms with van der Waals surface area (Å²) in [5.74, 6) is 3.03. The van der Waals surface area contributed by atoms with Crippen LogP contribution in [0.25, 0.3) is 0 Å². The number of nitrogens with zero attached hydrogens (tertiary/aromatic N) is 2. The van der Waals surface area contributed by atoms with Gasteiger partial charge in [0, 0.05) is 19.2 Å². The number of ether oxygens (including phenoxy) is 1. The Hall–Kier alpha value is -1.36. The zero-order valence-corrected chi connectivity index (χ0v) is 11.7. The average molecular weight is 265 g/mol. The van der Waals surface area contributed by atoms with Crippen molar-refractivity contribution in [3.8, 4) is 5.88 Å². The highest BCUT2D eigenvalue weighted by molar-refractivity contribution is 5.38. The zero-order valence-electron chi connectivity index (χ0n) is 11.7. The molecule has 0 amide bonds. The monoisotopic (exact) mass is 265 g/mol. The van der Waals surface area contributed by atoms with E-state index in [-0.39, 0.29) is 0 Å². The van der Waals surface area contributed by atoms with Gasteiger partial charge in [-0.05, 0) is 31.6 Å². The van der Waals surface area contributed by atoms with Gasteiger partial charge in [-0.3, -0.25) is 0 Å². The van der Waals surface area contributed by atoms with E-state index in [2.05, 4.69) is 15.3 Å². The van der Waals surface area contributed by atoms with E-state index in [0.717, 1.165) is 18.8 Å². The molecular formula is C14H23N3O2. The first-order valence-electron chi connectivity index (χ1n) is 6.97. The molecule has 0 aromatic carbocycles. The van der Waals surface area contributed by atoms with Gasteiger partial charge in [0.1, 0.15) is 11.6 Å². The van der Waals surface area contributed by atoms with E-state index in [1.165, 1.54) is 19.3 Å². The lowest BCUT2D eigenvalue weighted by molar-refractivity contribution is 0.141. The molecule has 0 aliphatic heterocycles. The summed E-state index contributed by atoms with van der Waals surface area (Å²) in [7, 11) is 1.61. The minimum atomic E-state index is 0.290. The highest BCUT2D eigenvalue weighted by atomic mass is 16.5. The van der Waals surface area contributed by atoms with Gasteiger partial charge in [-0.1, -0.05) is 12.8 Å². The summed E-state index contributed by atoms with van der Waals surface area (Å²) in [4.78, 5) is 8.52. The second kappa shape index (κ2) is 6.70. The second-order valence-electron chi connectivity index (χ2n) is 5.21. The summed E-state index contributed by atoms with van der Waals surface area (Å²) in [5, 5.41) is 12.8. The highest BCUT2D eigenvalue weighted by Crippen LogP contribution is 2.29. The number of methoxy groups -OCH3 is 1. The third kappa shape index (κ3) is 3.80. The average Bonchev–Trinajstić information content (AvgIpc) is 2.44. The molecule has 1 heterocycles. The number of aryl methyl sites for hydroxylation is 1. The molecule has 1 aromatic rings. The Bertz CT molecular complexity index is 412. The van der Waals surface area contributed by atoms with Crippen LogP contribution in [0.3, 0.4) is 0 Å². The zero-order chi connectivity index (χ0) is 13.7. The molecule has 106 valence electrons. The first-order chi connectivity index (χ1) is 9.22. The van der Waals surface area contributed by atoms with Crippen molar-refractivity contribution in [3.05, 3.63) is 11.9 Å². The van der Waals surface area contributed by atoms with Crippen LogP contribution in [0.5, 0.6) is 5.88 Å². The molecule has 2 unspecified atom stereocenters. The van der Waals surface area contributed by atoms with Gasteiger partial charge in [0.2, 0.25) is 5.88 Å². The standard InChI is InChI=1S/C14H23N3O2/c1-10-16-13(7-14(17-10)19-2)15-8-11-5-3-4-6-12(11)9-18/h7,11-12,18H,3-6,8-9H2,1-2H3,(H,15,16,17). The van der Waals surface area contributed by atoms with Crippen LogP contribution in [0.4, 0.5) is 5.82 Å². The minimum absolute atomic E-state index is 0.290. The highest BCUT2D eigenvalue weighted by Gasteiger charge is 2.24. The fourth-order valence-electron chi connectivity index (χ4n) is 2.76. The fraction of sp³-hybridized carbons (Fsp3) is 0.714. The van der Waals surface area contributed by atoms with Crippen LogP contribution >= 0.6 is 0 Å². The van der Waals surface area contributed by atoms with E-state index in [1.807, 2.05) is 13.0 Å². The fourth-order valence-corrected chi connectivity index (χ4v) is 2.76. The van der Waals surface area contributed by atoms with Crippen molar-refractivity contribution < 1.29 is 9.84 Å². The predicted molar refractivity (Wildman–Crippen MR) is 74.3 cm³/mol. The molecule has 19 heavy (non-hydrogen) atoms. The van der Waals surface area contributed by atoms with E-state index in [1.54, 1.807) is 7.11 Å². The number of anilines is 1. The smallest absolute Gasteiger partial charge is 0.218 e. The van der Waals surface area contributed by atoms with Crippen LogP contribution < -0.4 is 10.1 Å². The summed E-state index contributed by atoms with van der Waals surface area (Å²) in [6.45, 7) is 2.99. The topological polar surface area (TPSA) is 67.3 Å². The molecule has 0 spiro atoms. The molecule has 1 aliphatic carbocycles. The molecule has 1 saturated carbocycles. The normalized spacial score (nSPS) is 23.1. The maximum atomic E-state index is 9.41. The van der Waals surface area contributed by atoms with Crippen molar-refractivity contribution in [2.45, 2.75) is 32.6 Å². The van der Waals surface area contributed by atoms with Crippen LogP contribution in [-0.4, -0.2) is 35.3 Å². The Morgan fingerprint density at radius 3 is 2.74 bits per heavy atom. The molecule has 0 bridgehead atoms. The molecule has 0 radical (unpaired) electrons. The third-order valence-electron chi connectivity index (χ3n) is 3.87. The molecule has 5 heteroatoms. The Kier molecular flexibility index (Phi) is 4.96.